The van der Waals surface area contributed by atoms with Crippen molar-refractivity contribution in [3.63, 3.8) is 0 Å². The van der Waals surface area contributed by atoms with Gasteiger partial charge in [-0.1, -0.05) is 155 Å². The van der Waals surface area contributed by atoms with Crippen molar-refractivity contribution < 1.29 is 0 Å². The molecule has 4 fully saturated rings. The van der Waals surface area contributed by atoms with Gasteiger partial charge in [-0.15, -0.1) is 0 Å². The topological polar surface area (TPSA) is 3.24 Å². The number of hydrogen-bond acceptors (Lipinski definition) is 1. The van der Waals surface area contributed by atoms with Gasteiger partial charge < -0.3 is 4.90 Å². The van der Waals surface area contributed by atoms with Crippen LogP contribution in [0, 0.1) is 29.1 Å². The molecule has 7 aromatic rings. The van der Waals surface area contributed by atoms with Gasteiger partial charge in [-0.05, 0) is 182 Å². The van der Waals surface area contributed by atoms with E-state index in [-0.39, 0.29) is 16.2 Å². The van der Waals surface area contributed by atoms with Crippen LogP contribution in [0.2, 0.25) is 0 Å². The van der Waals surface area contributed by atoms with Crippen LogP contribution in [0.5, 0.6) is 0 Å². The number of fused-ring (bicyclic) bond motifs is 12. The van der Waals surface area contributed by atoms with Crippen LogP contribution in [-0.2, 0) is 21.7 Å². The predicted octanol–water partition coefficient (Wildman–Crippen LogP) is 15.2. The third-order valence-corrected chi connectivity index (χ3v) is 18.7. The minimum Gasteiger partial charge on any atom is -0.310 e. The van der Waals surface area contributed by atoms with E-state index in [1.807, 2.05) is 0 Å². The summed E-state index contributed by atoms with van der Waals surface area (Å²) in [5, 5.41) is 0. The summed E-state index contributed by atoms with van der Waals surface area (Å²) in [6.07, 6.45) is 8.23. The number of rotatable bonds is 5. The highest BCUT2D eigenvalue weighted by molar-refractivity contribution is 5.89. The van der Waals surface area contributed by atoms with Crippen molar-refractivity contribution in [2.45, 2.75) is 87.9 Å². The fourth-order valence-corrected chi connectivity index (χ4v) is 16.2. The first-order valence-electron chi connectivity index (χ1n) is 23.7. The summed E-state index contributed by atoms with van der Waals surface area (Å²) < 4.78 is 0. The van der Waals surface area contributed by atoms with E-state index >= 15 is 0 Å². The molecule has 0 aliphatic heterocycles. The van der Waals surface area contributed by atoms with Crippen LogP contribution in [0.3, 0.4) is 0 Å². The normalized spacial score (nSPS) is 28.5. The van der Waals surface area contributed by atoms with E-state index < -0.39 is 5.41 Å². The second kappa shape index (κ2) is 11.9. The van der Waals surface area contributed by atoms with Crippen LogP contribution in [0.4, 0.5) is 17.1 Å². The first-order valence-corrected chi connectivity index (χ1v) is 23.7. The molecule has 0 amide bonds. The van der Waals surface area contributed by atoms with E-state index in [0.717, 1.165) is 23.7 Å². The average molecular weight is 802 g/mol. The second-order valence-corrected chi connectivity index (χ2v) is 21.9. The predicted molar refractivity (Wildman–Crippen MR) is 255 cm³/mol. The van der Waals surface area contributed by atoms with E-state index in [2.05, 4.69) is 196 Å². The fraction of sp³-hybridized carbons (Fsp3) is 0.311. The maximum Gasteiger partial charge on any atom is 0.0713 e. The highest BCUT2D eigenvalue weighted by Crippen LogP contribution is 2.89. The maximum atomic E-state index is 2.68. The highest BCUT2D eigenvalue weighted by Gasteiger charge is 2.84. The molecule has 2 spiro atoms. The van der Waals surface area contributed by atoms with Crippen molar-refractivity contribution in [3.8, 4) is 22.3 Å². The average Bonchev–Trinajstić information content (AvgIpc) is 4.01. The molecule has 1 nitrogen and oxygen atoms in total. The summed E-state index contributed by atoms with van der Waals surface area (Å²) >= 11 is 0. The molecule has 2 bridgehead atoms. The molecule has 7 aliphatic rings. The lowest BCUT2D eigenvalue weighted by atomic mass is 9.27. The Bertz CT molecular complexity index is 2980. The number of benzene rings is 7. The summed E-state index contributed by atoms with van der Waals surface area (Å²) in [5.74, 6) is 3.46. The molecule has 0 N–H and O–H groups in total. The van der Waals surface area contributed by atoms with E-state index in [1.54, 1.807) is 11.1 Å². The summed E-state index contributed by atoms with van der Waals surface area (Å²) in [5.41, 5.74) is 21.6. The molecule has 1 heteroatoms. The minimum absolute atomic E-state index is 0.105. The van der Waals surface area contributed by atoms with E-state index in [9.17, 15) is 0 Å². The summed E-state index contributed by atoms with van der Waals surface area (Å²) in [4.78, 5) is 2.61. The molecule has 4 saturated carbocycles. The standard InChI is InChI=1S/C61H55N/c1-57(2)30-31-58(3,4)54-36-44(27-29-52(54)57)62(43-26-28-48-47-18-10-13-21-51(47)61(53(48)35-43)55-33-38-32-41-34-56(61)59(41,55)37-38)42-24-22-40(23-25-42)60(39-14-6-5-7-15-39)49-19-11-8-16-45(49)46-17-9-12-20-50(46)60/h5-29,35-36,38,41,55-56H,30-34,37H2,1-4H3. The lowest BCUT2D eigenvalue weighted by molar-refractivity contribution is -0.231. The van der Waals surface area contributed by atoms with Gasteiger partial charge >= 0.3 is 0 Å². The zero-order valence-electron chi connectivity index (χ0n) is 36.6. The third kappa shape index (κ3) is 4.14. The molecular weight excluding hydrogens is 747 g/mol. The Labute approximate surface area is 367 Å². The van der Waals surface area contributed by atoms with Gasteiger partial charge in [0.1, 0.15) is 0 Å². The van der Waals surface area contributed by atoms with Gasteiger partial charge in [0.25, 0.3) is 0 Å². The lowest BCUT2D eigenvalue weighted by Gasteiger charge is -2.76. The smallest absolute Gasteiger partial charge is 0.0713 e. The molecule has 6 atom stereocenters. The minimum atomic E-state index is -0.424. The number of nitrogens with zero attached hydrogens (tertiary/aromatic N) is 1. The third-order valence-electron chi connectivity index (χ3n) is 18.7. The van der Waals surface area contributed by atoms with Crippen molar-refractivity contribution in [1.29, 1.82) is 0 Å². The van der Waals surface area contributed by atoms with Gasteiger partial charge in [0.15, 0.2) is 0 Å². The lowest BCUT2D eigenvalue weighted by Crippen LogP contribution is -2.73. The maximum absolute atomic E-state index is 2.68. The monoisotopic (exact) mass is 801 g/mol. The van der Waals surface area contributed by atoms with Gasteiger partial charge in [-0.2, -0.15) is 0 Å². The van der Waals surface area contributed by atoms with Gasteiger partial charge in [0.05, 0.1) is 5.41 Å². The summed E-state index contributed by atoms with van der Waals surface area (Å²) in [7, 11) is 0. The van der Waals surface area contributed by atoms with Crippen LogP contribution in [0.15, 0.2) is 164 Å². The van der Waals surface area contributed by atoms with Crippen molar-refractivity contribution in [2.24, 2.45) is 29.1 Å². The molecule has 6 unspecified atom stereocenters. The van der Waals surface area contributed by atoms with E-state index in [4.69, 9.17) is 0 Å². The van der Waals surface area contributed by atoms with Crippen LogP contribution in [0.25, 0.3) is 22.3 Å². The number of hydrogen-bond donors (Lipinski definition) is 0. The Balaban J connectivity index is 0.973. The second-order valence-electron chi connectivity index (χ2n) is 21.9. The molecular formula is C61H55N. The fourth-order valence-electron chi connectivity index (χ4n) is 16.2. The first kappa shape index (κ1) is 35.9. The Morgan fingerprint density at radius 1 is 0.419 bits per heavy atom. The van der Waals surface area contributed by atoms with Crippen molar-refractivity contribution >= 4 is 17.1 Å². The zero-order chi connectivity index (χ0) is 41.4. The zero-order valence-corrected chi connectivity index (χ0v) is 36.6. The highest BCUT2D eigenvalue weighted by atomic mass is 15.1. The van der Waals surface area contributed by atoms with Crippen LogP contribution >= 0.6 is 0 Å². The van der Waals surface area contributed by atoms with Gasteiger partial charge in [0, 0.05) is 22.5 Å². The van der Waals surface area contributed by atoms with Crippen LogP contribution < -0.4 is 4.90 Å². The van der Waals surface area contributed by atoms with Crippen LogP contribution in [0.1, 0.15) is 111 Å². The summed E-state index contributed by atoms with van der Waals surface area (Å²) in [6, 6.07) is 63.9. The summed E-state index contributed by atoms with van der Waals surface area (Å²) in [6.45, 7) is 9.83. The molecule has 0 saturated heterocycles. The molecule has 7 aromatic carbocycles. The molecule has 62 heavy (non-hydrogen) atoms. The Hall–Kier alpha value is -5.66. The molecule has 304 valence electrons. The molecule has 0 heterocycles. The first-order chi connectivity index (χ1) is 30.2. The molecule has 14 rings (SSSR count). The molecule has 7 aliphatic carbocycles. The Morgan fingerprint density at radius 2 is 0.935 bits per heavy atom. The Morgan fingerprint density at radius 3 is 1.61 bits per heavy atom. The number of anilines is 3. The SMILES string of the molecule is CC1(C)CCC(C)(C)c2cc(N(c3ccc(C4(c5ccccc5)c5ccccc5-c5ccccc54)cc3)c3ccc4c(c3)C3(c5ccccc5-4)C4CC5CC6CC3C64C5)ccc21. The van der Waals surface area contributed by atoms with Crippen LogP contribution in [-0.4, -0.2) is 0 Å². The molecule has 0 radical (unpaired) electrons. The van der Waals surface area contributed by atoms with Crippen molar-refractivity contribution in [3.05, 3.63) is 208 Å². The van der Waals surface area contributed by atoms with Gasteiger partial charge in [0.2, 0.25) is 0 Å². The quantitative estimate of drug-likeness (QED) is 0.168. The largest absolute Gasteiger partial charge is 0.310 e. The van der Waals surface area contributed by atoms with E-state index in [0.29, 0.717) is 5.41 Å². The van der Waals surface area contributed by atoms with Crippen molar-refractivity contribution in [1.82, 2.24) is 0 Å². The van der Waals surface area contributed by atoms with E-state index in [1.165, 1.54) is 111 Å². The van der Waals surface area contributed by atoms with Gasteiger partial charge in [-0.25, -0.2) is 0 Å². The molecule has 0 aromatic heterocycles. The van der Waals surface area contributed by atoms with Gasteiger partial charge in [-0.3, -0.25) is 0 Å². The van der Waals surface area contributed by atoms with Crippen molar-refractivity contribution in [2.75, 3.05) is 4.90 Å². The Kier molecular flexibility index (Phi) is 6.87.